The molecule has 0 radical (unpaired) electrons. The number of thiazole rings is 1. The van der Waals surface area contributed by atoms with Crippen molar-refractivity contribution in [3.05, 3.63) is 59.3 Å². The van der Waals surface area contributed by atoms with Gasteiger partial charge in [0.15, 0.2) is 20.7 Å². The van der Waals surface area contributed by atoms with E-state index in [-0.39, 0.29) is 10.7 Å². The fourth-order valence-corrected chi connectivity index (χ4v) is 4.54. The summed E-state index contributed by atoms with van der Waals surface area (Å²) < 4.78 is 31.5. The molecule has 0 aliphatic carbocycles. The van der Waals surface area contributed by atoms with Crippen molar-refractivity contribution in [2.45, 2.75) is 25.3 Å². The smallest absolute Gasteiger partial charge is 0.293 e. The van der Waals surface area contributed by atoms with Crippen LogP contribution in [0.5, 0.6) is 0 Å². The lowest BCUT2D eigenvalue weighted by Crippen LogP contribution is -2.10. The summed E-state index contributed by atoms with van der Waals surface area (Å²) in [7, 11) is -3.31. The minimum Gasteiger partial charge on any atom is -0.454 e. The fraction of sp³-hybridized carbons (Fsp3) is 0.211. The quantitative estimate of drug-likeness (QED) is 0.520. The van der Waals surface area contributed by atoms with E-state index in [1.807, 2.05) is 24.6 Å². The molecule has 0 atom stereocenters. The first-order chi connectivity index (χ1) is 13.7. The third-order valence-electron chi connectivity index (χ3n) is 4.30. The van der Waals surface area contributed by atoms with Crippen molar-refractivity contribution < 1.29 is 17.6 Å². The Labute approximate surface area is 171 Å². The van der Waals surface area contributed by atoms with Gasteiger partial charge in [0.25, 0.3) is 5.91 Å². The van der Waals surface area contributed by atoms with Crippen LogP contribution in [0.1, 0.15) is 27.7 Å². The Morgan fingerprint density at radius 3 is 2.69 bits per heavy atom. The van der Waals surface area contributed by atoms with Crippen LogP contribution >= 0.6 is 11.3 Å². The average Bonchev–Trinajstić information content (AvgIpc) is 3.32. The number of furan rings is 1. The van der Waals surface area contributed by atoms with Gasteiger partial charge in [0, 0.05) is 11.9 Å². The number of nitrogens with zero attached hydrogens (tertiary/aromatic N) is 3. The van der Waals surface area contributed by atoms with Gasteiger partial charge in [-0.3, -0.25) is 14.8 Å². The summed E-state index contributed by atoms with van der Waals surface area (Å²) in [5.41, 5.74) is 2.54. The van der Waals surface area contributed by atoms with Gasteiger partial charge in [0.05, 0.1) is 27.4 Å². The standard InChI is InChI=1S/C19H18N4O4S2/c1-11-8-12(2)23(22-11)10-13-4-7-16(27-13)18(24)21-19-20-15-6-5-14(29(3,25)26)9-17(15)28-19/h4-9H,10H2,1-3H3,(H,20,21,24). The van der Waals surface area contributed by atoms with Crippen LogP contribution < -0.4 is 5.32 Å². The number of aryl methyl sites for hydroxylation is 2. The average molecular weight is 431 g/mol. The second-order valence-corrected chi connectivity index (χ2v) is 9.77. The molecular weight excluding hydrogens is 412 g/mol. The number of amides is 1. The highest BCUT2D eigenvalue weighted by molar-refractivity contribution is 7.90. The van der Waals surface area contributed by atoms with Crippen LogP contribution in [0.2, 0.25) is 0 Å². The molecule has 1 aromatic carbocycles. The van der Waals surface area contributed by atoms with Gasteiger partial charge in [-0.2, -0.15) is 5.10 Å². The molecule has 0 saturated carbocycles. The zero-order chi connectivity index (χ0) is 20.8. The molecule has 150 valence electrons. The van der Waals surface area contributed by atoms with Crippen molar-refractivity contribution in [1.29, 1.82) is 0 Å². The first-order valence-corrected chi connectivity index (χ1v) is 11.4. The number of aromatic nitrogens is 3. The predicted molar refractivity (Wildman–Crippen MR) is 110 cm³/mol. The fourth-order valence-electron chi connectivity index (χ4n) is 2.92. The topological polar surface area (TPSA) is 107 Å². The van der Waals surface area contributed by atoms with Crippen LogP contribution in [-0.4, -0.2) is 35.3 Å². The third-order valence-corrected chi connectivity index (χ3v) is 6.35. The van der Waals surface area contributed by atoms with Crippen LogP contribution in [0.3, 0.4) is 0 Å². The summed E-state index contributed by atoms with van der Waals surface area (Å²) in [5, 5.41) is 7.45. The minimum atomic E-state index is -3.31. The zero-order valence-electron chi connectivity index (χ0n) is 16.0. The highest BCUT2D eigenvalue weighted by Crippen LogP contribution is 2.28. The lowest BCUT2D eigenvalue weighted by atomic mass is 10.3. The first-order valence-electron chi connectivity index (χ1n) is 8.71. The number of carbonyl (C=O) groups excluding carboxylic acids is 1. The monoisotopic (exact) mass is 430 g/mol. The maximum Gasteiger partial charge on any atom is 0.293 e. The molecule has 0 saturated heterocycles. The largest absolute Gasteiger partial charge is 0.454 e. The van der Waals surface area contributed by atoms with E-state index in [1.165, 1.54) is 17.4 Å². The van der Waals surface area contributed by atoms with E-state index in [1.54, 1.807) is 24.3 Å². The highest BCUT2D eigenvalue weighted by atomic mass is 32.2. The SMILES string of the molecule is Cc1cc(C)n(Cc2ccc(C(=O)Nc3nc4ccc(S(C)(=O)=O)cc4s3)o2)n1. The van der Waals surface area contributed by atoms with Crippen LogP contribution in [0.4, 0.5) is 5.13 Å². The predicted octanol–water partition coefficient (Wildman–Crippen LogP) is 3.41. The van der Waals surface area contributed by atoms with Crippen molar-refractivity contribution in [3.63, 3.8) is 0 Å². The van der Waals surface area contributed by atoms with Gasteiger partial charge in [0.2, 0.25) is 0 Å². The van der Waals surface area contributed by atoms with Crippen molar-refractivity contribution in [3.8, 4) is 0 Å². The van der Waals surface area contributed by atoms with Crippen LogP contribution in [0.25, 0.3) is 10.2 Å². The van der Waals surface area contributed by atoms with E-state index in [0.29, 0.717) is 27.7 Å². The molecule has 1 amide bonds. The molecule has 0 aliphatic rings. The molecule has 3 aromatic heterocycles. The Balaban J connectivity index is 1.51. The number of carbonyl (C=O) groups is 1. The third kappa shape index (κ3) is 4.08. The zero-order valence-corrected chi connectivity index (χ0v) is 17.6. The summed E-state index contributed by atoms with van der Waals surface area (Å²) in [6, 6.07) is 9.99. The van der Waals surface area contributed by atoms with Gasteiger partial charge in [-0.1, -0.05) is 11.3 Å². The number of hydrogen-bond acceptors (Lipinski definition) is 7. The Kier molecular flexibility index (Phi) is 4.75. The molecule has 1 N–H and O–H groups in total. The van der Waals surface area contributed by atoms with Crippen molar-refractivity contribution in [2.75, 3.05) is 11.6 Å². The lowest BCUT2D eigenvalue weighted by Gasteiger charge is -2.01. The van der Waals surface area contributed by atoms with Gasteiger partial charge >= 0.3 is 0 Å². The summed E-state index contributed by atoms with van der Waals surface area (Å²) >= 11 is 1.20. The number of sulfone groups is 1. The molecule has 0 unspecified atom stereocenters. The first kappa shape index (κ1) is 19.3. The Morgan fingerprint density at radius 2 is 2.00 bits per heavy atom. The molecule has 0 fully saturated rings. The second-order valence-electron chi connectivity index (χ2n) is 6.73. The lowest BCUT2D eigenvalue weighted by molar-refractivity contribution is 0.0994. The highest BCUT2D eigenvalue weighted by Gasteiger charge is 2.16. The Bertz CT molecular complexity index is 1330. The summed E-state index contributed by atoms with van der Waals surface area (Å²) in [5.74, 6) is 0.355. The van der Waals surface area contributed by atoms with E-state index in [0.717, 1.165) is 17.6 Å². The maximum atomic E-state index is 12.5. The number of fused-ring (bicyclic) bond motifs is 1. The van der Waals surface area contributed by atoms with Gasteiger partial charge < -0.3 is 4.42 Å². The van der Waals surface area contributed by atoms with Gasteiger partial charge in [-0.25, -0.2) is 13.4 Å². The van der Waals surface area contributed by atoms with E-state index in [9.17, 15) is 13.2 Å². The Morgan fingerprint density at radius 1 is 1.21 bits per heavy atom. The van der Waals surface area contributed by atoms with Crippen molar-refractivity contribution >= 4 is 42.4 Å². The molecule has 0 bridgehead atoms. The molecule has 0 spiro atoms. The molecular formula is C19H18N4O4S2. The van der Waals surface area contributed by atoms with E-state index in [4.69, 9.17) is 4.42 Å². The summed E-state index contributed by atoms with van der Waals surface area (Å²) in [6.45, 7) is 4.31. The number of benzene rings is 1. The summed E-state index contributed by atoms with van der Waals surface area (Å²) in [4.78, 5) is 17.0. The molecule has 0 aliphatic heterocycles. The number of rotatable bonds is 5. The minimum absolute atomic E-state index is 0.164. The van der Waals surface area contributed by atoms with E-state index >= 15 is 0 Å². The van der Waals surface area contributed by atoms with Crippen LogP contribution in [-0.2, 0) is 16.4 Å². The van der Waals surface area contributed by atoms with Gasteiger partial charge in [-0.05, 0) is 50.2 Å². The molecule has 4 aromatic rings. The van der Waals surface area contributed by atoms with Gasteiger partial charge in [0.1, 0.15) is 5.76 Å². The van der Waals surface area contributed by atoms with Crippen molar-refractivity contribution in [1.82, 2.24) is 14.8 Å². The van der Waals surface area contributed by atoms with Crippen LogP contribution in [0.15, 0.2) is 45.7 Å². The Hall–Kier alpha value is -2.98. The molecule has 3 heterocycles. The van der Waals surface area contributed by atoms with Crippen LogP contribution in [0, 0.1) is 13.8 Å². The van der Waals surface area contributed by atoms with E-state index < -0.39 is 15.7 Å². The van der Waals surface area contributed by atoms with Gasteiger partial charge in [-0.15, -0.1) is 0 Å². The second kappa shape index (κ2) is 7.12. The normalized spacial score (nSPS) is 11.8. The molecule has 8 nitrogen and oxygen atoms in total. The molecule has 29 heavy (non-hydrogen) atoms. The summed E-state index contributed by atoms with van der Waals surface area (Å²) in [6.07, 6.45) is 1.15. The van der Waals surface area contributed by atoms with E-state index in [2.05, 4.69) is 15.4 Å². The number of nitrogens with one attached hydrogen (secondary N) is 1. The van der Waals surface area contributed by atoms with Crippen molar-refractivity contribution in [2.24, 2.45) is 0 Å². The number of hydrogen-bond donors (Lipinski definition) is 1. The molecule has 4 rings (SSSR count). The molecule has 10 heteroatoms. The maximum absolute atomic E-state index is 12.5. The number of anilines is 1.